The number of para-hydroxylation sites is 1. The summed E-state index contributed by atoms with van der Waals surface area (Å²) in [5, 5.41) is 0. The van der Waals surface area contributed by atoms with Gasteiger partial charge in [-0.2, -0.15) is 0 Å². The SMILES string of the molecule is NCCCOc1ccccc1.c1ccoc1. The minimum Gasteiger partial charge on any atom is -0.494 e. The number of nitrogens with two attached hydrogens (primary N) is 1. The highest BCUT2D eigenvalue weighted by atomic mass is 16.5. The highest BCUT2D eigenvalue weighted by Crippen LogP contribution is 2.07. The Bertz CT molecular complexity index is 315. The molecule has 0 aliphatic carbocycles. The molecule has 2 N–H and O–H groups in total. The topological polar surface area (TPSA) is 48.4 Å². The van der Waals surface area contributed by atoms with E-state index in [1.807, 2.05) is 42.5 Å². The van der Waals surface area contributed by atoms with Gasteiger partial charge in [0.05, 0.1) is 19.1 Å². The van der Waals surface area contributed by atoms with Crippen LogP contribution in [0.5, 0.6) is 5.75 Å². The van der Waals surface area contributed by atoms with Crippen molar-refractivity contribution >= 4 is 0 Å². The van der Waals surface area contributed by atoms with Crippen molar-refractivity contribution in [2.45, 2.75) is 6.42 Å². The first-order chi connectivity index (χ1) is 7.93. The molecule has 3 heteroatoms. The molecule has 3 nitrogen and oxygen atoms in total. The van der Waals surface area contributed by atoms with E-state index >= 15 is 0 Å². The summed E-state index contributed by atoms with van der Waals surface area (Å²) in [6.07, 6.45) is 4.16. The maximum Gasteiger partial charge on any atom is 0.119 e. The van der Waals surface area contributed by atoms with Crippen LogP contribution >= 0.6 is 0 Å². The number of hydrogen-bond donors (Lipinski definition) is 1. The van der Waals surface area contributed by atoms with Crippen molar-refractivity contribution in [1.29, 1.82) is 0 Å². The lowest BCUT2D eigenvalue weighted by Gasteiger charge is -2.03. The van der Waals surface area contributed by atoms with Crippen molar-refractivity contribution in [2.75, 3.05) is 13.2 Å². The molecule has 0 radical (unpaired) electrons. The molecule has 0 saturated carbocycles. The third kappa shape index (κ3) is 5.88. The predicted molar refractivity (Wildman–Crippen MR) is 64.3 cm³/mol. The summed E-state index contributed by atoms with van der Waals surface area (Å²) >= 11 is 0. The molecule has 16 heavy (non-hydrogen) atoms. The molecular weight excluding hydrogens is 202 g/mol. The van der Waals surface area contributed by atoms with E-state index < -0.39 is 0 Å². The Hall–Kier alpha value is -1.74. The second kappa shape index (κ2) is 8.56. The van der Waals surface area contributed by atoms with Crippen molar-refractivity contribution in [3.05, 3.63) is 55.0 Å². The molecule has 0 aliphatic heterocycles. The minimum atomic E-state index is 0.687. The van der Waals surface area contributed by atoms with Crippen molar-refractivity contribution in [2.24, 2.45) is 5.73 Å². The van der Waals surface area contributed by atoms with Gasteiger partial charge in [0.25, 0.3) is 0 Å². The third-order valence-electron chi connectivity index (χ3n) is 1.79. The Kier molecular flexibility index (Phi) is 6.60. The molecule has 0 amide bonds. The molecule has 0 bridgehead atoms. The van der Waals surface area contributed by atoms with Gasteiger partial charge >= 0.3 is 0 Å². The van der Waals surface area contributed by atoms with E-state index in [2.05, 4.69) is 4.42 Å². The molecule has 0 fully saturated rings. The quantitative estimate of drug-likeness (QED) is 0.804. The Morgan fingerprint density at radius 1 is 1.00 bits per heavy atom. The van der Waals surface area contributed by atoms with Crippen molar-refractivity contribution < 1.29 is 9.15 Å². The molecule has 86 valence electrons. The average Bonchev–Trinajstić information content (AvgIpc) is 2.90. The Labute approximate surface area is 95.8 Å². The summed E-state index contributed by atoms with van der Waals surface area (Å²) in [7, 11) is 0. The molecule has 0 atom stereocenters. The summed E-state index contributed by atoms with van der Waals surface area (Å²) in [4.78, 5) is 0. The fraction of sp³-hybridized carbons (Fsp3) is 0.231. The molecule has 2 rings (SSSR count). The maximum atomic E-state index is 5.37. The number of hydrogen-bond acceptors (Lipinski definition) is 3. The van der Waals surface area contributed by atoms with E-state index in [9.17, 15) is 0 Å². The van der Waals surface area contributed by atoms with Gasteiger partial charge in [-0.25, -0.2) is 0 Å². The molecule has 1 aromatic carbocycles. The van der Waals surface area contributed by atoms with Crippen molar-refractivity contribution in [3.63, 3.8) is 0 Å². The summed E-state index contributed by atoms with van der Waals surface area (Å²) in [5.74, 6) is 0.918. The largest absolute Gasteiger partial charge is 0.494 e. The van der Waals surface area contributed by atoms with E-state index in [1.165, 1.54) is 0 Å². The highest BCUT2D eigenvalue weighted by molar-refractivity contribution is 5.20. The van der Waals surface area contributed by atoms with Crippen LogP contribution in [0, 0.1) is 0 Å². The van der Waals surface area contributed by atoms with Crippen LogP contribution in [-0.2, 0) is 0 Å². The number of furan rings is 1. The second-order valence-corrected chi connectivity index (χ2v) is 3.10. The summed E-state index contributed by atoms with van der Waals surface area (Å²) in [5.41, 5.74) is 5.31. The monoisotopic (exact) mass is 219 g/mol. The number of ether oxygens (including phenoxy) is 1. The maximum absolute atomic E-state index is 5.37. The lowest BCUT2D eigenvalue weighted by Crippen LogP contribution is -2.05. The van der Waals surface area contributed by atoms with Crippen LogP contribution in [0.1, 0.15) is 6.42 Å². The van der Waals surface area contributed by atoms with Gasteiger partial charge in [0, 0.05) is 0 Å². The molecule has 0 saturated heterocycles. The van der Waals surface area contributed by atoms with E-state index in [0.29, 0.717) is 13.2 Å². The predicted octanol–water partition coefficient (Wildman–Crippen LogP) is 2.69. The minimum absolute atomic E-state index is 0.687. The van der Waals surface area contributed by atoms with Crippen LogP contribution in [0.3, 0.4) is 0 Å². The van der Waals surface area contributed by atoms with Gasteiger partial charge in [-0.3, -0.25) is 0 Å². The van der Waals surface area contributed by atoms with Gasteiger partial charge in [-0.05, 0) is 37.2 Å². The van der Waals surface area contributed by atoms with E-state index in [0.717, 1.165) is 12.2 Å². The molecule has 0 aliphatic rings. The fourth-order valence-electron chi connectivity index (χ4n) is 1.02. The standard InChI is InChI=1S/C9H13NO.C4H4O/c10-7-4-8-11-9-5-2-1-3-6-9;1-2-4-5-3-1/h1-3,5-6H,4,7-8,10H2;1-4H. The normalized spacial score (nSPS) is 9.06. The van der Waals surface area contributed by atoms with E-state index in [-0.39, 0.29) is 0 Å². The first-order valence-electron chi connectivity index (χ1n) is 5.28. The van der Waals surface area contributed by atoms with Crippen molar-refractivity contribution in [3.8, 4) is 5.75 Å². The van der Waals surface area contributed by atoms with Crippen LogP contribution < -0.4 is 10.5 Å². The van der Waals surface area contributed by atoms with Crippen LogP contribution in [0.4, 0.5) is 0 Å². The lowest BCUT2D eigenvalue weighted by atomic mass is 10.3. The molecule has 1 aromatic heterocycles. The molecule has 2 aromatic rings. The van der Waals surface area contributed by atoms with Crippen LogP contribution in [0.15, 0.2) is 59.4 Å². The van der Waals surface area contributed by atoms with Gasteiger partial charge in [-0.15, -0.1) is 0 Å². The third-order valence-corrected chi connectivity index (χ3v) is 1.79. The van der Waals surface area contributed by atoms with E-state index in [4.69, 9.17) is 10.5 Å². The zero-order valence-corrected chi connectivity index (χ0v) is 9.21. The Morgan fingerprint density at radius 2 is 1.69 bits per heavy atom. The molecule has 1 heterocycles. The summed E-state index contributed by atoms with van der Waals surface area (Å²) in [6.45, 7) is 1.40. The Balaban J connectivity index is 0.000000212. The zero-order valence-electron chi connectivity index (χ0n) is 9.21. The van der Waals surface area contributed by atoms with Crippen molar-refractivity contribution in [1.82, 2.24) is 0 Å². The van der Waals surface area contributed by atoms with E-state index in [1.54, 1.807) is 12.5 Å². The Morgan fingerprint density at radius 3 is 2.19 bits per heavy atom. The number of rotatable bonds is 4. The molecule has 0 spiro atoms. The smallest absolute Gasteiger partial charge is 0.119 e. The van der Waals surface area contributed by atoms with Crippen LogP contribution in [0.2, 0.25) is 0 Å². The molecule has 0 unspecified atom stereocenters. The second-order valence-electron chi connectivity index (χ2n) is 3.10. The number of benzene rings is 1. The summed E-state index contributed by atoms with van der Waals surface area (Å²) < 4.78 is 9.95. The molecular formula is C13H17NO2. The lowest BCUT2D eigenvalue weighted by molar-refractivity contribution is 0.313. The zero-order chi connectivity index (χ0) is 11.5. The first-order valence-corrected chi connectivity index (χ1v) is 5.28. The van der Waals surface area contributed by atoms with Gasteiger partial charge < -0.3 is 14.9 Å². The average molecular weight is 219 g/mol. The highest BCUT2D eigenvalue weighted by Gasteiger charge is 1.88. The van der Waals surface area contributed by atoms with Gasteiger partial charge in [0.1, 0.15) is 5.75 Å². The van der Waals surface area contributed by atoms with Gasteiger partial charge in [0.15, 0.2) is 0 Å². The first kappa shape index (κ1) is 12.3. The van der Waals surface area contributed by atoms with Crippen LogP contribution in [-0.4, -0.2) is 13.2 Å². The summed E-state index contributed by atoms with van der Waals surface area (Å²) in [6, 6.07) is 13.4. The van der Waals surface area contributed by atoms with Gasteiger partial charge in [0.2, 0.25) is 0 Å². The fourth-order valence-corrected chi connectivity index (χ4v) is 1.02. The van der Waals surface area contributed by atoms with Gasteiger partial charge in [-0.1, -0.05) is 18.2 Å². The van der Waals surface area contributed by atoms with Crippen LogP contribution in [0.25, 0.3) is 0 Å².